The standard InChI is InChI=1S/C15H21BrFN/c16-14-7-6-12(15(17)9-14)8-11-4-2-1-3-5-13(11)10-18/h6-7,9,11,13H,1-5,8,10,18H2. The van der Waals surface area contributed by atoms with Crippen LogP contribution in [-0.2, 0) is 6.42 Å². The van der Waals surface area contributed by atoms with Crippen LogP contribution >= 0.6 is 15.9 Å². The third kappa shape index (κ3) is 3.55. The first-order valence-electron chi connectivity index (χ1n) is 6.84. The molecule has 0 bridgehead atoms. The molecule has 1 aromatic carbocycles. The van der Waals surface area contributed by atoms with Crippen LogP contribution in [0.2, 0.25) is 0 Å². The summed E-state index contributed by atoms with van der Waals surface area (Å²) in [7, 11) is 0. The third-order valence-corrected chi connectivity index (χ3v) is 4.61. The van der Waals surface area contributed by atoms with E-state index in [2.05, 4.69) is 15.9 Å². The molecule has 0 aliphatic heterocycles. The lowest BCUT2D eigenvalue weighted by atomic mass is 9.83. The van der Waals surface area contributed by atoms with Gasteiger partial charge in [0.15, 0.2) is 0 Å². The number of hydrogen-bond donors (Lipinski definition) is 1. The van der Waals surface area contributed by atoms with Crippen molar-refractivity contribution >= 4 is 15.9 Å². The average Bonchev–Trinajstić information content (AvgIpc) is 2.57. The molecule has 2 N–H and O–H groups in total. The van der Waals surface area contributed by atoms with Gasteiger partial charge in [0.1, 0.15) is 5.82 Å². The lowest BCUT2D eigenvalue weighted by Crippen LogP contribution is -2.24. The summed E-state index contributed by atoms with van der Waals surface area (Å²) in [6.07, 6.45) is 7.08. The Morgan fingerprint density at radius 3 is 2.56 bits per heavy atom. The molecule has 1 aliphatic carbocycles. The van der Waals surface area contributed by atoms with Crippen molar-refractivity contribution in [1.29, 1.82) is 0 Å². The highest BCUT2D eigenvalue weighted by atomic mass is 79.9. The topological polar surface area (TPSA) is 26.0 Å². The monoisotopic (exact) mass is 313 g/mol. The average molecular weight is 314 g/mol. The van der Waals surface area contributed by atoms with Crippen molar-refractivity contribution in [3.05, 3.63) is 34.1 Å². The van der Waals surface area contributed by atoms with Crippen LogP contribution in [0.5, 0.6) is 0 Å². The Hall–Kier alpha value is -0.410. The summed E-state index contributed by atoms with van der Waals surface area (Å²) in [4.78, 5) is 0. The largest absolute Gasteiger partial charge is 0.330 e. The fraction of sp³-hybridized carbons (Fsp3) is 0.600. The molecule has 0 heterocycles. The van der Waals surface area contributed by atoms with E-state index in [1.807, 2.05) is 12.1 Å². The molecule has 2 atom stereocenters. The molecule has 0 aromatic heterocycles. The quantitative estimate of drug-likeness (QED) is 0.828. The fourth-order valence-corrected chi connectivity index (χ4v) is 3.34. The van der Waals surface area contributed by atoms with Gasteiger partial charge in [-0.25, -0.2) is 4.39 Å². The molecule has 18 heavy (non-hydrogen) atoms. The predicted molar refractivity (Wildman–Crippen MR) is 76.9 cm³/mol. The Morgan fingerprint density at radius 2 is 1.89 bits per heavy atom. The van der Waals surface area contributed by atoms with Crippen molar-refractivity contribution in [1.82, 2.24) is 0 Å². The molecule has 1 aliphatic rings. The summed E-state index contributed by atoms with van der Waals surface area (Å²) < 4.78 is 14.7. The van der Waals surface area contributed by atoms with E-state index in [1.54, 1.807) is 6.07 Å². The van der Waals surface area contributed by atoms with Gasteiger partial charge < -0.3 is 5.73 Å². The lowest BCUT2D eigenvalue weighted by molar-refractivity contribution is 0.315. The van der Waals surface area contributed by atoms with Crippen molar-refractivity contribution < 1.29 is 4.39 Å². The smallest absolute Gasteiger partial charge is 0.127 e. The summed E-state index contributed by atoms with van der Waals surface area (Å²) >= 11 is 3.30. The maximum Gasteiger partial charge on any atom is 0.127 e. The van der Waals surface area contributed by atoms with E-state index >= 15 is 0 Å². The zero-order valence-electron chi connectivity index (χ0n) is 10.7. The van der Waals surface area contributed by atoms with Gasteiger partial charge in [0.05, 0.1) is 0 Å². The molecule has 0 spiro atoms. The minimum Gasteiger partial charge on any atom is -0.330 e. The molecule has 0 amide bonds. The molecule has 0 saturated heterocycles. The Labute approximate surface area is 117 Å². The molecule has 1 fully saturated rings. The van der Waals surface area contributed by atoms with Gasteiger partial charge in [-0.05, 0) is 55.3 Å². The van der Waals surface area contributed by atoms with E-state index < -0.39 is 0 Å². The Bertz CT molecular complexity index is 394. The van der Waals surface area contributed by atoms with E-state index in [0.717, 1.165) is 23.0 Å². The second kappa shape index (κ2) is 6.67. The van der Waals surface area contributed by atoms with Crippen molar-refractivity contribution in [3.63, 3.8) is 0 Å². The highest BCUT2D eigenvalue weighted by Crippen LogP contribution is 2.31. The first kappa shape index (κ1) is 14.0. The van der Waals surface area contributed by atoms with Gasteiger partial charge >= 0.3 is 0 Å². The van der Waals surface area contributed by atoms with Crippen LogP contribution in [0.25, 0.3) is 0 Å². The van der Waals surface area contributed by atoms with Crippen molar-refractivity contribution in [2.45, 2.75) is 38.5 Å². The van der Waals surface area contributed by atoms with E-state index in [9.17, 15) is 4.39 Å². The minimum absolute atomic E-state index is 0.0932. The highest BCUT2D eigenvalue weighted by Gasteiger charge is 2.23. The molecular weight excluding hydrogens is 293 g/mol. The number of halogens is 2. The van der Waals surface area contributed by atoms with Crippen LogP contribution in [0.1, 0.15) is 37.7 Å². The zero-order valence-corrected chi connectivity index (χ0v) is 12.3. The van der Waals surface area contributed by atoms with Crippen LogP contribution in [0.15, 0.2) is 22.7 Å². The first-order valence-corrected chi connectivity index (χ1v) is 7.64. The summed E-state index contributed by atoms with van der Waals surface area (Å²) in [6.45, 7) is 0.739. The first-order chi connectivity index (χ1) is 8.70. The van der Waals surface area contributed by atoms with Crippen molar-refractivity contribution in [3.8, 4) is 0 Å². The normalized spacial score (nSPS) is 24.8. The van der Waals surface area contributed by atoms with Gasteiger partial charge in [0, 0.05) is 4.47 Å². The third-order valence-electron chi connectivity index (χ3n) is 4.12. The molecule has 1 saturated carbocycles. The SMILES string of the molecule is NCC1CCCCCC1Cc1ccc(Br)cc1F. The number of nitrogens with two attached hydrogens (primary N) is 1. The summed E-state index contributed by atoms with van der Waals surface area (Å²) in [5, 5.41) is 0. The van der Waals surface area contributed by atoms with Crippen LogP contribution < -0.4 is 5.73 Å². The van der Waals surface area contributed by atoms with Crippen molar-refractivity contribution in [2.75, 3.05) is 6.54 Å². The summed E-state index contributed by atoms with van der Waals surface area (Å²) in [5.74, 6) is 1.02. The Balaban J connectivity index is 2.10. The van der Waals surface area contributed by atoms with Crippen LogP contribution in [0, 0.1) is 17.7 Å². The molecule has 100 valence electrons. The van der Waals surface area contributed by atoms with Gasteiger partial charge in [0.25, 0.3) is 0 Å². The second-order valence-electron chi connectivity index (χ2n) is 5.33. The molecule has 0 radical (unpaired) electrons. The molecule has 2 rings (SSSR count). The molecule has 1 aromatic rings. The maximum atomic E-state index is 13.9. The Morgan fingerprint density at radius 1 is 1.17 bits per heavy atom. The van der Waals surface area contributed by atoms with Gasteiger partial charge in [-0.1, -0.05) is 41.3 Å². The van der Waals surface area contributed by atoms with E-state index in [0.29, 0.717) is 11.8 Å². The number of hydrogen-bond acceptors (Lipinski definition) is 1. The maximum absolute atomic E-state index is 13.9. The Kier molecular flexibility index (Phi) is 5.19. The summed E-state index contributed by atoms with van der Waals surface area (Å²) in [6, 6.07) is 5.38. The lowest BCUT2D eigenvalue weighted by Gasteiger charge is -2.24. The molecule has 1 nitrogen and oxygen atoms in total. The van der Waals surface area contributed by atoms with E-state index in [-0.39, 0.29) is 5.82 Å². The molecule has 3 heteroatoms. The van der Waals surface area contributed by atoms with Crippen molar-refractivity contribution in [2.24, 2.45) is 17.6 Å². The highest BCUT2D eigenvalue weighted by molar-refractivity contribution is 9.10. The van der Waals surface area contributed by atoms with Gasteiger partial charge in [-0.2, -0.15) is 0 Å². The minimum atomic E-state index is -0.0932. The fourth-order valence-electron chi connectivity index (χ4n) is 3.01. The van der Waals surface area contributed by atoms with E-state index in [1.165, 1.54) is 32.1 Å². The molecule has 2 unspecified atom stereocenters. The zero-order chi connectivity index (χ0) is 13.0. The number of rotatable bonds is 3. The van der Waals surface area contributed by atoms with E-state index in [4.69, 9.17) is 5.73 Å². The van der Waals surface area contributed by atoms with Gasteiger partial charge in [-0.3, -0.25) is 0 Å². The summed E-state index contributed by atoms with van der Waals surface area (Å²) in [5.41, 5.74) is 6.71. The van der Waals surface area contributed by atoms with Crippen LogP contribution in [0.3, 0.4) is 0 Å². The molecular formula is C15H21BrFN. The second-order valence-corrected chi connectivity index (χ2v) is 6.25. The predicted octanol–water partition coefficient (Wildman–Crippen LogP) is 4.29. The van der Waals surface area contributed by atoms with Gasteiger partial charge in [-0.15, -0.1) is 0 Å². The van der Waals surface area contributed by atoms with Gasteiger partial charge in [0.2, 0.25) is 0 Å². The van der Waals surface area contributed by atoms with Crippen LogP contribution in [0.4, 0.5) is 4.39 Å². The van der Waals surface area contributed by atoms with Crippen LogP contribution in [-0.4, -0.2) is 6.54 Å². The number of benzene rings is 1.